The van der Waals surface area contributed by atoms with Crippen molar-refractivity contribution in [2.75, 3.05) is 31.1 Å². The van der Waals surface area contributed by atoms with Crippen molar-refractivity contribution in [1.29, 1.82) is 0 Å². The van der Waals surface area contributed by atoms with Crippen LogP contribution < -0.4 is 4.90 Å². The minimum atomic E-state index is -0.702. The van der Waals surface area contributed by atoms with Gasteiger partial charge in [-0.05, 0) is 30.7 Å². The number of para-hydroxylation sites is 1. The summed E-state index contributed by atoms with van der Waals surface area (Å²) in [6.45, 7) is 3.69. The number of aliphatic hydroxyl groups is 1. The van der Waals surface area contributed by atoms with Gasteiger partial charge in [0.2, 0.25) is 0 Å². The summed E-state index contributed by atoms with van der Waals surface area (Å²) >= 11 is 0. The Hall–Kier alpha value is -2.93. The minimum Gasteiger partial charge on any atom is -0.389 e. The number of hydrogen-bond donors (Lipinski definition) is 2. The second kappa shape index (κ2) is 7.00. The van der Waals surface area contributed by atoms with Crippen molar-refractivity contribution < 1.29 is 14.3 Å². The first-order valence-electron chi connectivity index (χ1n) is 8.99. The van der Waals surface area contributed by atoms with Crippen molar-refractivity contribution in [1.82, 2.24) is 15.1 Å². The predicted molar refractivity (Wildman–Crippen MR) is 101 cm³/mol. The maximum Gasteiger partial charge on any atom is 0.275 e. The summed E-state index contributed by atoms with van der Waals surface area (Å²) in [5.74, 6) is -0.469. The number of piperazine rings is 1. The molecule has 1 fully saturated rings. The molecule has 2 heterocycles. The average Bonchev–Trinajstić information content (AvgIpc) is 3.11. The highest BCUT2D eigenvalue weighted by atomic mass is 19.1. The van der Waals surface area contributed by atoms with E-state index in [1.807, 2.05) is 29.2 Å². The molecule has 7 heteroatoms. The average molecular weight is 368 g/mol. The number of carbonyl (C=O) groups is 1. The molecule has 1 atom stereocenters. The van der Waals surface area contributed by atoms with E-state index in [-0.39, 0.29) is 11.7 Å². The maximum absolute atomic E-state index is 14.4. The molecular weight excluding hydrogens is 347 g/mol. The molecule has 140 valence electrons. The molecule has 0 unspecified atom stereocenters. The first kappa shape index (κ1) is 17.5. The zero-order chi connectivity index (χ0) is 19.0. The van der Waals surface area contributed by atoms with Crippen molar-refractivity contribution in [2.45, 2.75) is 13.0 Å². The van der Waals surface area contributed by atoms with Crippen LogP contribution in [0.2, 0.25) is 0 Å². The number of H-pyrrole nitrogens is 1. The lowest BCUT2D eigenvalue weighted by atomic mass is 10.1. The van der Waals surface area contributed by atoms with Gasteiger partial charge in [0.25, 0.3) is 5.91 Å². The fourth-order valence-electron chi connectivity index (χ4n) is 3.47. The Kier molecular flexibility index (Phi) is 4.53. The molecule has 4 rings (SSSR count). The van der Waals surface area contributed by atoms with Crippen LogP contribution in [0, 0.1) is 5.82 Å². The molecule has 0 bridgehead atoms. The normalized spacial score (nSPS) is 16.0. The molecule has 0 radical (unpaired) electrons. The summed E-state index contributed by atoms with van der Waals surface area (Å²) < 4.78 is 14.4. The second-order valence-electron chi connectivity index (χ2n) is 6.78. The van der Waals surface area contributed by atoms with Crippen LogP contribution >= 0.6 is 0 Å². The first-order chi connectivity index (χ1) is 13.0. The van der Waals surface area contributed by atoms with E-state index in [0.717, 1.165) is 10.9 Å². The summed E-state index contributed by atoms with van der Waals surface area (Å²) in [6.07, 6.45) is -0.702. The van der Waals surface area contributed by atoms with Crippen LogP contribution in [0.3, 0.4) is 0 Å². The molecule has 2 N–H and O–H groups in total. The largest absolute Gasteiger partial charge is 0.389 e. The van der Waals surface area contributed by atoms with Gasteiger partial charge < -0.3 is 14.9 Å². The highest BCUT2D eigenvalue weighted by Crippen LogP contribution is 2.25. The van der Waals surface area contributed by atoms with E-state index in [1.54, 1.807) is 24.0 Å². The number of anilines is 1. The number of benzene rings is 2. The summed E-state index contributed by atoms with van der Waals surface area (Å²) in [5.41, 5.74) is 2.30. The summed E-state index contributed by atoms with van der Waals surface area (Å²) in [6, 6.07) is 12.3. The Morgan fingerprint density at radius 1 is 1.19 bits per heavy atom. The Morgan fingerprint density at radius 3 is 2.63 bits per heavy atom. The van der Waals surface area contributed by atoms with E-state index in [9.17, 15) is 14.3 Å². The summed E-state index contributed by atoms with van der Waals surface area (Å²) in [4.78, 5) is 16.5. The van der Waals surface area contributed by atoms with E-state index < -0.39 is 6.10 Å². The number of hydrogen-bond acceptors (Lipinski definition) is 4. The molecule has 2 aromatic carbocycles. The van der Waals surface area contributed by atoms with Crippen molar-refractivity contribution in [2.24, 2.45) is 0 Å². The Morgan fingerprint density at radius 2 is 1.93 bits per heavy atom. The number of fused-ring (bicyclic) bond motifs is 1. The zero-order valence-corrected chi connectivity index (χ0v) is 15.0. The molecule has 1 aliphatic rings. The molecule has 1 amide bonds. The summed E-state index contributed by atoms with van der Waals surface area (Å²) in [7, 11) is 0. The quantitative estimate of drug-likeness (QED) is 0.746. The van der Waals surface area contributed by atoms with Crippen LogP contribution in [0.4, 0.5) is 10.1 Å². The Balaban J connectivity index is 1.47. The van der Waals surface area contributed by atoms with Gasteiger partial charge >= 0.3 is 0 Å². The number of amides is 1. The lowest BCUT2D eigenvalue weighted by Crippen LogP contribution is -2.49. The fraction of sp³-hybridized carbons (Fsp3) is 0.300. The van der Waals surface area contributed by atoms with Gasteiger partial charge in [0.15, 0.2) is 5.69 Å². The van der Waals surface area contributed by atoms with Gasteiger partial charge in [0.1, 0.15) is 5.82 Å². The van der Waals surface area contributed by atoms with E-state index in [1.165, 1.54) is 6.07 Å². The van der Waals surface area contributed by atoms with Crippen LogP contribution in [-0.4, -0.2) is 52.3 Å². The smallest absolute Gasteiger partial charge is 0.275 e. The second-order valence-corrected chi connectivity index (χ2v) is 6.78. The highest BCUT2D eigenvalue weighted by molar-refractivity contribution is 6.04. The minimum absolute atomic E-state index is 0.114. The van der Waals surface area contributed by atoms with Crippen molar-refractivity contribution in [3.05, 3.63) is 59.5 Å². The van der Waals surface area contributed by atoms with Crippen LogP contribution in [0.25, 0.3) is 10.9 Å². The molecule has 3 aromatic rings. The molecule has 1 aromatic heterocycles. The predicted octanol–water partition coefficient (Wildman–Crippen LogP) is 2.72. The molecule has 0 aliphatic carbocycles. The number of aromatic nitrogens is 2. The number of aliphatic hydroxyl groups excluding tert-OH is 1. The molecular formula is C20H21FN4O2. The van der Waals surface area contributed by atoms with Crippen LogP contribution in [0.1, 0.15) is 29.1 Å². The van der Waals surface area contributed by atoms with Gasteiger partial charge in [-0.2, -0.15) is 5.10 Å². The van der Waals surface area contributed by atoms with Crippen LogP contribution in [0.15, 0.2) is 42.5 Å². The van der Waals surface area contributed by atoms with E-state index in [0.29, 0.717) is 43.1 Å². The van der Waals surface area contributed by atoms with Crippen molar-refractivity contribution >= 4 is 22.5 Å². The number of aromatic amines is 1. The Labute approximate surface area is 156 Å². The molecule has 0 spiro atoms. The van der Waals surface area contributed by atoms with Crippen LogP contribution in [-0.2, 0) is 0 Å². The van der Waals surface area contributed by atoms with Crippen molar-refractivity contribution in [3.63, 3.8) is 0 Å². The number of halogens is 1. The standard InChI is InChI=1S/C20H21FN4O2/c1-13(26)14-6-7-18(16(21)12-14)24-8-10-25(11-9-24)20(27)19-15-4-2-3-5-17(15)22-23-19/h2-7,12-13,26H,8-11H2,1H3,(H,22,23)/t13-/m0/s1. The maximum atomic E-state index is 14.4. The number of nitrogens with one attached hydrogen (secondary N) is 1. The van der Waals surface area contributed by atoms with Gasteiger partial charge in [-0.1, -0.05) is 24.3 Å². The first-order valence-corrected chi connectivity index (χ1v) is 8.99. The third-order valence-corrected chi connectivity index (χ3v) is 5.03. The van der Waals surface area contributed by atoms with Crippen LogP contribution in [0.5, 0.6) is 0 Å². The van der Waals surface area contributed by atoms with Gasteiger partial charge in [-0.25, -0.2) is 4.39 Å². The van der Waals surface area contributed by atoms with Crippen molar-refractivity contribution in [3.8, 4) is 0 Å². The molecule has 0 saturated carbocycles. The third kappa shape index (κ3) is 3.26. The third-order valence-electron chi connectivity index (χ3n) is 5.03. The van der Waals surface area contributed by atoms with Gasteiger partial charge in [0.05, 0.1) is 17.3 Å². The highest BCUT2D eigenvalue weighted by Gasteiger charge is 2.26. The number of carbonyl (C=O) groups excluding carboxylic acids is 1. The molecule has 6 nitrogen and oxygen atoms in total. The molecule has 1 aliphatic heterocycles. The van der Waals surface area contributed by atoms with Gasteiger partial charge in [-0.3, -0.25) is 9.89 Å². The number of rotatable bonds is 3. The van der Waals surface area contributed by atoms with E-state index >= 15 is 0 Å². The SMILES string of the molecule is C[C@H](O)c1ccc(N2CCN(C(=O)c3n[nH]c4ccccc34)CC2)c(F)c1. The van der Waals surface area contributed by atoms with Gasteiger partial charge in [-0.15, -0.1) is 0 Å². The molecule has 1 saturated heterocycles. The van der Waals surface area contributed by atoms with Gasteiger partial charge in [0, 0.05) is 31.6 Å². The number of nitrogens with zero attached hydrogens (tertiary/aromatic N) is 3. The lowest BCUT2D eigenvalue weighted by molar-refractivity contribution is 0.0742. The Bertz CT molecular complexity index is 977. The van der Waals surface area contributed by atoms with E-state index in [2.05, 4.69) is 10.2 Å². The topological polar surface area (TPSA) is 72.5 Å². The monoisotopic (exact) mass is 368 g/mol. The zero-order valence-electron chi connectivity index (χ0n) is 15.0. The fourth-order valence-corrected chi connectivity index (χ4v) is 3.47. The lowest BCUT2D eigenvalue weighted by Gasteiger charge is -2.36. The summed E-state index contributed by atoms with van der Waals surface area (Å²) in [5, 5.41) is 17.4. The molecule has 27 heavy (non-hydrogen) atoms. The van der Waals surface area contributed by atoms with E-state index in [4.69, 9.17) is 0 Å².